The number of ether oxygens (including phenoxy) is 2. The number of carbonyl (C=O) groups excluding carboxylic acids is 2. The summed E-state index contributed by atoms with van der Waals surface area (Å²) < 4.78 is 10.0. The van der Waals surface area contributed by atoms with E-state index in [1.807, 2.05) is 6.26 Å². The molecular weight excluding hydrogens is 254 g/mol. The zero-order chi connectivity index (χ0) is 13.9. The lowest BCUT2D eigenvalue weighted by Crippen LogP contribution is -2.43. The number of nitrogens with zero attached hydrogens (tertiary/aromatic N) is 1. The number of amides is 1. The molecule has 1 fully saturated rings. The van der Waals surface area contributed by atoms with Crippen LogP contribution in [-0.4, -0.2) is 53.8 Å². The van der Waals surface area contributed by atoms with Crippen molar-refractivity contribution < 1.29 is 19.1 Å². The summed E-state index contributed by atoms with van der Waals surface area (Å²) in [5, 5.41) is 0.251. The van der Waals surface area contributed by atoms with Gasteiger partial charge in [-0.05, 0) is 33.4 Å². The van der Waals surface area contributed by atoms with E-state index < -0.39 is 17.7 Å². The third-order valence-electron chi connectivity index (χ3n) is 2.70. The molecule has 1 aliphatic heterocycles. The Morgan fingerprint density at radius 3 is 2.39 bits per heavy atom. The molecule has 5 nitrogen and oxygen atoms in total. The normalized spacial score (nSPS) is 23.9. The lowest BCUT2D eigenvalue weighted by Gasteiger charge is -2.27. The van der Waals surface area contributed by atoms with E-state index in [9.17, 15) is 9.59 Å². The van der Waals surface area contributed by atoms with E-state index >= 15 is 0 Å². The Bertz CT molecular complexity index is 327. The summed E-state index contributed by atoms with van der Waals surface area (Å²) in [7, 11) is 1.34. The van der Waals surface area contributed by atoms with Crippen LogP contribution in [0.1, 0.15) is 27.2 Å². The lowest BCUT2D eigenvalue weighted by atomic mass is 10.2. The van der Waals surface area contributed by atoms with E-state index in [4.69, 9.17) is 9.47 Å². The third-order valence-corrected chi connectivity index (χ3v) is 3.71. The number of hydrogen-bond donors (Lipinski definition) is 0. The van der Waals surface area contributed by atoms with E-state index in [2.05, 4.69) is 0 Å². The minimum atomic E-state index is -0.560. The van der Waals surface area contributed by atoms with Gasteiger partial charge in [0.2, 0.25) is 0 Å². The zero-order valence-corrected chi connectivity index (χ0v) is 12.4. The molecule has 1 rings (SSSR count). The van der Waals surface area contributed by atoms with Gasteiger partial charge in [-0.15, -0.1) is 0 Å². The van der Waals surface area contributed by atoms with Crippen molar-refractivity contribution in [3.8, 4) is 0 Å². The number of methoxy groups -OCH3 is 1. The Morgan fingerprint density at radius 1 is 1.33 bits per heavy atom. The molecule has 0 spiro atoms. The smallest absolute Gasteiger partial charge is 0.411 e. The van der Waals surface area contributed by atoms with Crippen molar-refractivity contribution >= 4 is 23.8 Å². The van der Waals surface area contributed by atoms with Crippen LogP contribution in [0.25, 0.3) is 0 Å². The van der Waals surface area contributed by atoms with Crippen LogP contribution in [0.3, 0.4) is 0 Å². The minimum Gasteiger partial charge on any atom is -0.467 e. The number of esters is 1. The molecule has 18 heavy (non-hydrogen) atoms. The van der Waals surface area contributed by atoms with Gasteiger partial charge in [-0.25, -0.2) is 9.59 Å². The summed E-state index contributed by atoms with van der Waals surface area (Å²) in [4.78, 5) is 25.2. The topological polar surface area (TPSA) is 55.8 Å². The Balaban J connectivity index is 2.77. The lowest BCUT2D eigenvalue weighted by molar-refractivity contribution is -0.145. The first-order valence-electron chi connectivity index (χ1n) is 5.88. The van der Waals surface area contributed by atoms with Crippen LogP contribution in [0, 0.1) is 0 Å². The minimum absolute atomic E-state index is 0.251. The van der Waals surface area contributed by atoms with Gasteiger partial charge in [0, 0.05) is 11.8 Å². The van der Waals surface area contributed by atoms with Crippen LogP contribution >= 0.6 is 11.8 Å². The fourth-order valence-electron chi connectivity index (χ4n) is 1.85. The molecule has 0 radical (unpaired) electrons. The molecular formula is C12H21NO4S. The Kier molecular flexibility index (Phi) is 4.90. The molecule has 0 aliphatic carbocycles. The van der Waals surface area contributed by atoms with Crippen molar-refractivity contribution in [3.05, 3.63) is 0 Å². The second kappa shape index (κ2) is 5.82. The maximum atomic E-state index is 12.0. The standard InChI is InChI=1S/C12H21NO4S/c1-12(2,3)17-11(15)13-7-8(18-5)6-9(13)10(14)16-4/h8-9H,6-7H2,1-5H3. The SMILES string of the molecule is COC(=O)C1CC(SC)CN1C(=O)OC(C)(C)C. The second-order valence-electron chi connectivity index (χ2n) is 5.27. The monoisotopic (exact) mass is 275 g/mol. The highest BCUT2D eigenvalue weighted by molar-refractivity contribution is 7.99. The predicted molar refractivity (Wildman–Crippen MR) is 70.7 cm³/mol. The number of carbonyl (C=O) groups is 2. The highest BCUT2D eigenvalue weighted by atomic mass is 32.2. The van der Waals surface area contributed by atoms with Gasteiger partial charge >= 0.3 is 12.1 Å². The van der Waals surface area contributed by atoms with E-state index in [1.54, 1.807) is 32.5 Å². The van der Waals surface area contributed by atoms with Crippen molar-refractivity contribution in [3.63, 3.8) is 0 Å². The summed E-state index contributed by atoms with van der Waals surface area (Å²) in [6, 6.07) is -0.526. The van der Waals surface area contributed by atoms with Crippen molar-refractivity contribution in [2.75, 3.05) is 19.9 Å². The van der Waals surface area contributed by atoms with Gasteiger partial charge < -0.3 is 9.47 Å². The number of thioether (sulfide) groups is 1. The average molecular weight is 275 g/mol. The maximum absolute atomic E-state index is 12.0. The quantitative estimate of drug-likeness (QED) is 0.720. The molecule has 0 aromatic rings. The van der Waals surface area contributed by atoms with Crippen LogP contribution in [0.4, 0.5) is 4.79 Å². The van der Waals surface area contributed by atoms with Gasteiger partial charge in [0.25, 0.3) is 0 Å². The highest BCUT2D eigenvalue weighted by Crippen LogP contribution is 2.28. The maximum Gasteiger partial charge on any atom is 0.411 e. The molecule has 1 amide bonds. The summed E-state index contributed by atoms with van der Waals surface area (Å²) in [5.41, 5.74) is -0.560. The fraction of sp³-hybridized carbons (Fsp3) is 0.833. The van der Waals surface area contributed by atoms with E-state index in [-0.39, 0.29) is 11.2 Å². The van der Waals surface area contributed by atoms with Gasteiger partial charge in [-0.3, -0.25) is 4.90 Å². The number of likely N-dealkylation sites (tertiary alicyclic amines) is 1. The molecule has 0 aromatic heterocycles. The van der Waals surface area contributed by atoms with Crippen LogP contribution in [0.15, 0.2) is 0 Å². The Labute approximate surface area is 112 Å². The first-order valence-corrected chi connectivity index (χ1v) is 7.17. The summed E-state index contributed by atoms with van der Waals surface area (Å²) in [6.07, 6.45) is 2.14. The molecule has 1 aliphatic rings. The molecule has 0 saturated carbocycles. The summed E-state index contributed by atoms with van der Waals surface area (Å²) >= 11 is 1.65. The average Bonchev–Trinajstić information content (AvgIpc) is 2.69. The second-order valence-corrected chi connectivity index (χ2v) is 6.40. The molecule has 1 heterocycles. The molecule has 2 unspecified atom stereocenters. The molecule has 2 atom stereocenters. The third kappa shape index (κ3) is 3.80. The van der Waals surface area contributed by atoms with Crippen molar-refractivity contribution in [1.29, 1.82) is 0 Å². The van der Waals surface area contributed by atoms with Crippen LogP contribution < -0.4 is 0 Å². The predicted octanol–water partition coefficient (Wildman–Crippen LogP) is 1.90. The van der Waals surface area contributed by atoms with Gasteiger partial charge in [0.05, 0.1) is 7.11 Å². The Hall–Kier alpha value is -0.910. The number of hydrogen-bond acceptors (Lipinski definition) is 5. The molecule has 1 saturated heterocycles. The fourth-order valence-corrected chi connectivity index (χ4v) is 2.53. The molecule has 0 aromatic carbocycles. The summed E-state index contributed by atoms with van der Waals surface area (Å²) in [5.74, 6) is -0.377. The van der Waals surface area contributed by atoms with Crippen LogP contribution in [0.5, 0.6) is 0 Å². The largest absolute Gasteiger partial charge is 0.467 e. The van der Waals surface area contributed by atoms with E-state index in [0.29, 0.717) is 13.0 Å². The first-order chi connectivity index (χ1) is 8.28. The highest BCUT2D eigenvalue weighted by Gasteiger charge is 2.41. The van der Waals surface area contributed by atoms with Gasteiger partial charge in [-0.2, -0.15) is 11.8 Å². The summed E-state index contributed by atoms with van der Waals surface area (Å²) in [6.45, 7) is 5.94. The van der Waals surface area contributed by atoms with Gasteiger partial charge in [0.15, 0.2) is 0 Å². The van der Waals surface area contributed by atoms with E-state index in [0.717, 1.165) is 0 Å². The number of rotatable bonds is 2. The van der Waals surface area contributed by atoms with E-state index in [1.165, 1.54) is 12.0 Å². The van der Waals surface area contributed by atoms with Crippen LogP contribution in [-0.2, 0) is 14.3 Å². The molecule has 104 valence electrons. The first kappa shape index (κ1) is 15.1. The van der Waals surface area contributed by atoms with Crippen LogP contribution in [0.2, 0.25) is 0 Å². The van der Waals surface area contributed by atoms with Crippen molar-refractivity contribution in [2.45, 2.75) is 44.1 Å². The molecule has 6 heteroatoms. The molecule has 0 N–H and O–H groups in total. The zero-order valence-electron chi connectivity index (χ0n) is 11.6. The van der Waals surface area contributed by atoms with Crippen molar-refractivity contribution in [1.82, 2.24) is 4.90 Å². The van der Waals surface area contributed by atoms with Gasteiger partial charge in [0.1, 0.15) is 11.6 Å². The molecule has 0 bridgehead atoms. The Morgan fingerprint density at radius 2 is 1.94 bits per heavy atom. The van der Waals surface area contributed by atoms with Gasteiger partial charge in [-0.1, -0.05) is 0 Å². The van der Waals surface area contributed by atoms with Crippen molar-refractivity contribution in [2.24, 2.45) is 0 Å².